The average Bonchev–Trinajstić information content (AvgIpc) is 2.98. The standard InChI is InChI=1S/C9H9NO3/c1-12-9(11)8-7(13-8)6-3-2-4-10-5-6/h2-5,7-8H,1H3/t7-,8+/m0/s1. The summed E-state index contributed by atoms with van der Waals surface area (Å²) >= 11 is 0. The van der Waals surface area contributed by atoms with E-state index in [1.807, 2.05) is 12.1 Å². The van der Waals surface area contributed by atoms with E-state index in [2.05, 4.69) is 9.72 Å². The molecule has 1 aliphatic heterocycles. The lowest BCUT2D eigenvalue weighted by molar-refractivity contribution is -0.142. The number of ether oxygens (including phenoxy) is 2. The number of pyridine rings is 1. The number of carbonyl (C=O) groups excluding carboxylic acids is 1. The summed E-state index contributed by atoms with van der Waals surface area (Å²) in [7, 11) is 1.35. The smallest absolute Gasteiger partial charge is 0.338 e. The highest BCUT2D eigenvalue weighted by Crippen LogP contribution is 2.38. The largest absolute Gasteiger partial charge is 0.467 e. The minimum Gasteiger partial charge on any atom is -0.467 e. The maximum absolute atomic E-state index is 11.0. The quantitative estimate of drug-likeness (QED) is 0.495. The summed E-state index contributed by atoms with van der Waals surface area (Å²) in [5.41, 5.74) is 0.915. The Bertz CT molecular complexity index is 312. The van der Waals surface area contributed by atoms with Crippen LogP contribution in [0.5, 0.6) is 0 Å². The SMILES string of the molecule is COC(=O)[C@@H]1O[C@H]1c1cccnc1. The fourth-order valence-electron chi connectivity index (χ4n) is 1.21. The molecule has 0 unspecified atom stereocenters. The van der Waals surface area contributed by atoms with Crippen LogP contribution in [0.4, 0.5) is 0 Å². The number of aromatic nitrogens is 1. The number of carbonyl (C=O) groups is 1. The van der Waals surface area contributed by atoms with Crippen molar-refractivity contribution in [3.05, 3.63) is 30.1 Å². The van der Waals surface area contributed by atoms with E-state index in [0.29, 0.717) is 0 Å². The van der Waals surface area contributed by atoms with Crippen LogP contribution in [0.1, 0.15) is 11.7 Å². The highest BCUT2D eigenvalue weighted by molar-refractivity contribution is 5.78. The molecule has 68 valence electrons. The zero-order chi connectivity index (χ0) is 9.26. The predicted octanol–water partition coefficient (Wildman–Crippen LogP) is 0.694. The van der Waals surface area contributed by atoms with E-state index in [1.54, 1.807) is 12.4 Å². The third kappa shape index (κ3) is 1.53. The van der Waals surface area contributed by atoms with Crippen molar-refractivity contribution in [3.63, 3.8) is 0 Å². The summed E-state index contributed by atoms with van der Waals surface area (Å²) in [6.07, 6.45) is 2.77. The van der Waals surface area contributed by atoms with Crippen molar-refractivity contribution in [3.8, 4) is 0 Å². The lowest BCUT2D eigenvalue weighted by Gasteiger charge is -1.93. The molecular formula is C9H9NO3. The summed E-state index contributed by atoms with van der Waals surface area (Å²) in [6.45, 7) is 0. The van der Waals surface area contributed by atoms with Crippen molar-refractivity contribution in [2.45, 2.75) is 12.2 Å². The third-order valence-corrected chi connectivity index (χ3v) is 1.94. The highest BCUT2D eigenvalue weighted by atomic mass is 16.6. The first-order valence-corrected chi connectivity index (χ1v) is 3.96. The number of methoxy groups -OCH3 is 1. The minimum atomic E-state index is -0.436. The van der Waals surface area contributed by atoms with Crippen LogP contribution in [0, 0.1) is 0 Å². The first kappa shape index (κ1) is 8.19. The van der Waals surface area contributed by atoms with Gasteiger partial charge in [0.05, 0.1) is 7.11 Å². The van der Waals surface area contributed by atoms with E-state index in [0.717, 1.165) is 5.56 Å². The van der Waals surface area contributed by atoms with E-state index in [4.69, 9.17) is 4.74 Å². The fraction of sp³-hybridized carbons (Fsp3) is 0.333. The second kappa shape index (κ2) is 3.14. The Morgan fingerprint density at radius 3 is 3.15 bits per heavy atom. The van der Waals surface area contributed by atoms with Crippen LogP contribution in [-0.4, -0.2) is 24.2 Å². The Balaban J connectivity index is 2.04. The normalized spacial score (nSPS) is 25.3. The van der Waals surface area contributed by atoms with Crippen LogP contribution >= 0.6 is 0 Å². The summed E-state index contributed by atoms with van der Waals surface area (Å²) in [5.74, 6) is -0.325. The second-order valence-corrected chi connectivity index (χ2v) is 2.79. The molecule has 0 bridgehead atoms. The molecule has 0 amide bonds. The topological polar surface area (TPSA) is 51.7 Å². The molecule has 13 heavy (non-hydrogen) atoms. The van der Waals surface area contributed by atoms with Crippen molar-refractivity contribution in [1.29, 1.82) is 0 Å². The van der Waals surface area contributed by atoms with Crippen molar-refractivity contribution in [2.24, 2.45) is 0 Å². The molecule has 4 nitrogen and oxygen atoms in total. The maximum Gasteiger partial charge on any atom is 0.338 e. The molecule has 2 atom stereocenters. The van der Waals surface area contributed by atoms with Crippen molar-refractivity contribution < 1.29 is 14.3 Å². The molecule has 4 heteroatoms. The molecule has 1 fully saturated rings. The molecule has 0 spiro atoms. The van der Waals surface area contributed by atoms with Gasteiger partial charge in [-0.2, -0.15) is 0 Å². The predicted molar refractivity (Wildman–Crippen MR) is 43.9 cm³/mol. The minimum absolute atomic E-state index is 0.166. The molecule has 2 rings (SSSR count). The van der Waals surface area contributed by atoms with E-state index in [1.165, 1.54) is 7.11 Å². The Hall–Kier alpha value is -1.42. The van der Waals surface area contributed by atoms with Gasteiger partial charge in [0, 0.05) is 18.0 Å². The molecule has 0 aliphatic carbocycles. The molecule has 0 radical (unpaired) electrons. The Kier molecular flexibility index (Phi) is 1.98. The Labute approximate surface area is 75.5 Å². The van der Waals surface area contributed by atoms with Crippen LogP contribution in [0.2, 0.25) is 0 Å². The van der Waals surface area contributed by atoms with Gasteiger partial charge in [0.1, 0.15) is 6.10 Å². The first-order valence-electron chi connectivity index (χ1n) is 3.96. The van der Waals surface area contributed by atoms with Crippen LogP contribution in [-0.2, 0) is 14.3 Å². The van der Waals surface area contributed by atoms with Crippen LogP contribution in [0.15, 0.2) is 24.5 Å². The summed E-state index contributed by atoms with van der Waals surface area (Å²) < 4.78 is 9.68. The second-order valence-electron chi connectivity index (χ2n) is 2.79. The number of hydrogen-bond donors (Lipinski definition) is 0. The Morgan fingerprint density at radius 1 is 1.69 bits per heavy atom. The highest BCUT2D eigenvalue weighted by Gasteiger charge is 2.47. The summed E-state index contributed by atoms with van der Waals surface area (Å²) in [5, 5.41) is 0. The van der Waals surface area contributed by atoms with Crippen LogP contribution < -0.4 is 0 Å². The van der Waals surface area contributed by atoms with E-state index >= 15 is 0 Å². The van der Waals surface area contributed by atoms with Gasteiger partial charge >= 0.3 is 5.97 Å². The van der Waals surface area contributed by atoms with Gasteiger partial charge in [-0.15, -0.1) is 0 Å². The maximum atomic E-state index is 11.0. The molecular weight excluding hydrogens is 170 g/mol. The van der Waals surface area contributed by atoms with Crippen LogP contribution in [0.3, 0.4) is 0 Å². The van der Waals surface area contributed by atoms with E-state index < -0.39 is 6.10 Å². The van der Waals surface area contributed by atoms with E-state index in [9.17, 15) is 4.79 Å². The first-order chi connectivity index (χ1) is 6.33. The van der Waals surface area contributed by atoms with Gasteiger partial charge < -0.3 is 9.47 Å². The van der Waals surface area contributed by atoms with Crippen molar-refractivity contribution >= 4 is 5.97 Å². The monoisotopic (exact) mass is 179 g/mol. The number of epoxide rings is 1. The van der Waals surface area contributed by atoms with E-state index in [-0.39, 0.29) is 12.1 Å². The third-order valence-electron chi connectivity index (χ3n) is 1.94. The molecule has 0 saturated carbocycles. The van der Waals surface area contributed by atoms with Gasteiger partial charge in [-0.1, -0.05) is 6.07 Å². The van der Waals surface area contributed by atoms with Gasteiger partial charge in [-0.05, 0) is 6.07 Å². The average molecular weight is 179 g/mol. The van der Waals surface area contributed by atoms with Gasteiger partial charge in [-0.3, -0.25) is 4.98 Å². The molecule has 1 saturated heterocycles. The van der Waals surface area contributed by atoms with Gasteiger partial charge in [-0.25, -0.2) is 4.79 Å². The number of rotatable bonds is 2. The van der Waals surface area contributed by atoms with Gasteiger partial charge in [0.25, 0.3) is 0 Å². The molecule has 1 aromatic rings. The lowest BCUT2D eigenvalue weighted by atomic mass is 10.2. The van der Waals surface area contributed by atoms with Gasteiger partial charge in [0.15, 0.2) is 6.10 Å². The number of esters is 1. The van der Waals surface area contributed by atoms with Crippen molar-refractivity contribution in [1.82, 2.24) is 4.98 Å². The molecule has 2 heterocycles. The van der Waals surface area contributed by atoms with Crippen molar-refractivity contribution in [2.75, 3.05) is 7.11 Å². The summed E-state index contributed by atoms with van der Waals surface area (Å²) in [6, 6.07) is 3.69. The zero-order valence-corrected chi connectivity index (χ0v) is 7.14. The molecule has 1 aliphatic rings. The number of nitrogens with zero attached hydrogens (tertiary/aromatic N) is 1. The molecule has 1 aromatic heterocycles. The van der Waals surface area contributed by atoms with Gasteiger partial charge in [0.2, 0.25) is 0 Å². The lowest BCUT2D eigenvalue weighted by Crippen LogP contribution is -2.09. The molecule has 0 N–H and O–H groups in total. The van der Waals surface area contributed by atoms with Crippen LogP contribution in [0.25, 0.3) is 0 Å². The molecule has 0 aromatic carbocycles. The zero-order valence-electron chi connectivity index (χ0n) is 7.14. The Morgan fingerprint density at radius 2 is 2.54 bits per heavy atom. The fourth-order valence-corrected chi connectivity index (χ4v) is 1.21. The summed E-state index contributed by atoms with van der Waals surface area (Å²) in [4.78, 5) is 14.9. The number of hydrogen-bond acceptors (Lipinski definition) is 4.